The van der Waals surface area contributed by atoms with Crippen LogP contribution in [0.3, 0.4) is 0 Å². The molecule has 146 valence electrons. The molecule has 5 nitrogen and oxygen atoms in total. The molecule has 0 fully saturated rings. The molecule has 3 aromatic rings. The minimum absolute atomic E-state index is 0.0271. The lowest BCUT2D eigenvalue weighted by molar-refractivity contribution is -0.0512. The summed E-state index contributed by atoms with van der Waals surface area (Å²) in [4.78, 5) is 12.4. The summed E-state index contributed by atoms with van der Waals surface area (Å²) >= 11 is 0. The number of rotatable bonds is 8. The number of nitrogens with one attached hydrogen (secondary N) is 1. The zero-order chi connectivity index (χ0) is 19.9. The van der Waals surface area contributed by atoms with Gasteiger partial charge in [-0.05, 0) is 54.4 Å². The van der Waals surface area contributed by atoms with Crippen LogP contribution in [0.15, 0.2) is 67.0 Å². The maximum atomic E-state index is 12.5. The van der Waals surface area contributed by atoms with E-state index in [2.05, 4.69) is 10.1 Å². The van der Waals surface area contributed by atoms with Crippen molar-refractivity contribution in [2.24, 2.45) is 0 Å². The third kappa shape index (κ3) is 4.88. The minimum Gasteiger partial charge on any atom is -0.493 e. The first-order valence-electron chi connectivity index (χ1n) is 8.70. The summed E-state index contributed by atoms with van der Waals surface area (Å²) in [6.45, 7) is -2.58. The normalized spacial score (nSPS) is 10.7. The van der Waals surface area contributed by atoms with Crippen LogP contribution < -0.4 is 14.8 Å². The van der Waals surface area contributed by atoms with Gasteiger partial charge in [-0.25, -0.2) is 0 Å². The van der Waals surface area contributed by atoms with Crippen LogP contribution in [0.25, 0.3) is 5.69 Å². The number of hydrogen-bond donors (Lipinski definition) is 1. The van der Waals surface area contributed by atoms with Crippen LogP contribution in [-0.4, -0.2) is 30.7 Å². The Hall–Kier alpha value is -3.35. The van der Waals surface area contributed by atoms with Crippen molar-refractivity contribution in [3.05, 3.63) is 78.1 Å². The van der Waals surface area contributed by atoms with Gasteiger partial charge in [0.05, 0.1) is 7.11 Å². The summed E-state index contributed by atoms with van der Waals surface area (Å²) in [5.74, 6) is 0.00207. The first-order chi connectivity index (χ1) is 13.6. The lowest BCUT2D eigenvalue weighted by atomic mass is 10.1. The van der Waals surface area contributed by atoms with Crippen molar-refractivity contribution < 1.29 is 23.0 Å². The number of benzene rings is 2. The van der Waals surface area contributed by atoms with Crippen LogP contribution in [0.2, 0.25) is 0 Å². The largest absolute Gasteiger partial charge is 0.493 e. The fraction of sp³-hybridized carbons (Fsp3) is 0.190. The van der Waals surface area contributed by atoms with Gasteiger partial charge in [0.25, 0.3) is 5.91 Å². The molecule has 0 aliphatic rings. The highest BCUT2D eigenvalue weighted by molar-refractivity contribution is 5.94. The van der Waals surface area contributed by atoms with Crippen molar-refractivity contribution in [1.82, 2.24) is 9.88 Å². The lowest BCUT2D eigenvalue weighted by Gasteiger charge is -2.12. The van der Waals surface area contributed by atoms with Crippen molar-refractivity contribution in [1.29, 1.82) is 0 Å². The predicted octanol–water partition coefficient (Wildman–Crippen LogP) is 4.06. The Morgan fingerprint density at radius 3 is 2.57 bits per heavy atom. The minimum atomic E-state index is -2.93. The van der Waals surface area contributed by atoms with Gasteiger partial charge in [0, 0.05) is 30.2 Å². The molecule has 7 heteroatoms. The molecule has 28 heavy (non-hydrogen) atoms. The third-order valence-electron chi connectivity index (χ3n) is 4.15. The molecule has 1 heterocycles. The average molecular weight is 386 g/mol. The van der Waals surface area contributed by atoms with E-state index in [9.17, 15) is 13.6 Å². The van der Waals surface area contributed by atoms with Gasteiger partial charge >= 0.3 is 6.61 Å². The summed E-state index contributed by atoms with van der Waals surface area (Å²) < 4.78 is 36.4. The first kappa shape index (κ1) is 19.4. The van der Waals surface area contributed by atoms with Crippen LogP contribution in [0.4, 0.5) is 8.78 Å². The Labute approximate surface area is 161 Å². The summed E-state index contributed by atoms with van der Waals surface area (Å²) in [5.41, 5.74) is 2.18. The van der Waals surface area contributed by atoms with E-state index < -0.39 is 6.61 Å². The first-order valence-corrected chi connectivity index (χ1v) is 8.70. The number of aromatic nitrogens is 1. The molecule has 0 aliphatic carbocycles. The summed E-state index contributed by atoms with van der Waals surface area (Å²) in [6, 6.07) is 15.9. The van der Waals surface area contributed by atoms with E-state index in [4.69, 9.17) is 4.74 Å². The summed E-state index contributed by atoms with van der Waals surface area (Å²) in [7, 11) is 1.38. The summed E-state index contributed by atoms with van der Waals surface area (Å²) in [5, 5.41) is 2.84. The van der Waals surface area contributed by atoms with Crippen LogP contribution in [0, 0.1) is 0 Å². The second-order valence-electron chi connectivity index (χ2n) is 6.01. The standard InChI is InChI=1S/C21H20F2N2O3/c1-27-18-8-7-15(13-19(18)28-21(22)23)9-10-24-20(26)16-5-4-6-17(14-16)25-11-2-3-12-25/h2-8,11-14,21H,9-10H2,1H3,(H,24,26). The maximum Gasteiger partial charge on any atom is 0.387 e. The molecule has 0 unspecified atom stereocenters. The number of carbonyl (C=O) groups excluding carboxylic acids is 1. The number of ether oxygens (including phenoxy) is 2. The number of carbonyl (C=O) groups is 1. The Morgan fingerprint density at radius 1 is 1.07 bits per heavy atom. The Morgan fingerprint density at radius 2 is 1.86 bits per heavy atom. The third-order valence-corrected chi connectivity index (χ3v) is 4.15. The van der Waals surface area contributed by atoms with E-state index in [1.54, 1.807) is 24.3 Å². The lowest BCUT2D eigenvalue weighted by Crippen LogP contribution is -2.25. The van der Waals surface area contributed by atoms with Crippen molar-refractivity contribution >= 4 is 5.91 Å². The van der Waals surface area contributed by atoms with Crippen LogP contribution in [-0.2, 0) is 6.42 Å². The van der Waals surface area contributed by atoms with Crippen molar-refractivity contribution in [3.63, 3.8) is 0 Å². The van der Waals surface area contributed by atoms with Crippen LogP contribution in [0.1, 0.15) is 15.9 Å². The molecule has 0 aliphatic heterocycles. The van der Waals surface area contributed by atoms with Crippen molar-refractivity contribution in [2.75, 3.05) is 13.7 Å². The molecule has 3 rings (SSSR count). The number of alkyl halides is 2. The molecule has 0 atom stereocenters. The fourth-order valence-corrected chi connectivity index (χ4v) is 2.80. The quantitative estimate of drug-likeness (QED) is 0.635. The topological polar surface area (TPSA) is 52.5 Å². The highest BCUT2D eigenvalue weighted by atomic mass is 19.3. The van der Waals surface area contributed by atoms with Gasteiger partial charge in [-0.3, -0.25) is 4.79 Å². The van der Waals surface area contributed by atoms with Crippen molar-refractivity contribution in [3.8, 4) is 17.2 Å². The Balaban J connectivity index is 1.60. The molecule has 0 saturated heterocycles. The van der Waals surface area contributed by atoms with E-state index in [0.717, 1.165) is 11.3 Å². The van der Waals surface area contributed by atoms with Crippen LogP contribution >= 0.6 is 0 Å². The molecule has 1 N–H and O–H groups in total. The number of hydrogen-bond acceptors (Lipinski definition) is 3. The molecule has 0 radical (unpaired) electrons. The van der Waals surface area contributed by atoms with Gasteiger partial charge in [-0.1, -0.05) is 12.1 Å². The van der Waals surface area contributed by atoms with Gasteiger partial charge in [-0.15, -0.1) is 0 Å². The highest BCUT2D eigenvalue weighted by Crippen LogP contribution is 2.29. The monoisotopic (exact) mass is 386 g/mol. The van der Waals surface area contributed by atoms with Gasteiger partial charge < -0.3 is 19.4 Å². The van der Waals surface area contributed by atoms with Gasteiger partial charge in [-0.2, -0.15) is 8.78 Å². The maximum absolute atomic E-state index is 12.5. The number of amides is 1. The zero-order valence-corrected chi connectivity index (χ0v) is 15.3. The SMILES string of the molecule is COc1ccc(CCNC(=O)c2cccc(-n3cccc3)c2)cc1OC(F)F. The van der Waals surface area contributed by atoms with Gasteiger partial charge in [0.15, 0.2) is 11.5 Å². The number of methoxy groups -OCH3 is 1. The van der Waals surface area contributed by atoms with E-state index in [1.165, 1.54) is 13.2 Å². The molecular weight excluding hydrogens is 366 g/mol. The van der Waals surface area contributed by atoms with E-state index >= 15 is 0 Å². The van der Waals surface area contributed by atoms with Gasteiger partial charge in [0.2, 0.25) is 0 Å². The van der Waals surface area contributed by atoms with Gasteiger partial charge in [0.1, 0.15) is 0 Å². The Kier molecular flexibility index (Phi) is 6.26. The van der Waals surface area contributed by atoms with Crippen molar-refractivity contribution in [2.45, 2.75) is 13.0 Å². The summed E-state index contributed by atoms with van der Waals surface area (Å²) in [6.07, 6.45) is 4.27. The van der Waals surface area contributed by atoms with E-state index in [-0.39, 0.29) is 17.4 Å². The predicted molar refractivity (Wildman–Crippen MR) is 101 cm³/mol. The molecule has 1 amide bonds. The fourth-order valence-electron chi connectivity index (χ4n) is 2.80. The highest BCUT2D eigenvalue weighted by Gasteiger charge is 2.12. The number of nitrogens with zero attached hydrogens (tertiary/aromatic N) is 1. The average Bonchev–Trinajstić information content (AvgIpc) is 3.23. The molecule has 1 aromatic heterocycles. The second kappa shape index (κ2) is 9.03. The zero-order valence-electron chi connectivity index (χ0n) is 15.3. The molecule has 2 aromatic carbocycles. The van der Waals surface area contributed by atoms with E-state index in [1.807, 2.05) is 41.2 Å². The smallest absolute Gasteiger partial charge is 0.387 e. The second-order valence-corrected chi connectivity index (χ2v) is 6.01. The molecule has 0 spiro atoms. The van der Waals surface area contributed by atoms with E-state index in [0.29, 0.717) is 18.5 Å². The molecule has 0 bridgehead atoms. The number of halogens is 2. The molecule has 0 saturated carbocycles. The Bertz CT molecular complexity index is 927. The molecular formula is C21H20F2N2O3. The van der Waals surface area contributed by atoms with Crippen LogP contribution in [0.5, 0.6) is 11.5 Å².